The molecule has 3 aromatic carbocycles. The quantitative estimate of drug-likeness (QED) is 0.316. The summed E-state index contributed by atoms with van der Waals surface area (Å²) in [5.41, 5.74) is 6.42. The molecule has 0 bridgehead atoms. The molecule has 0 saturated heterocycles. The monoisotopic (exact) mass is 520 g/mol. The third-order valence-electron chi connectivity index (χ3n) is 6.17. The third kappa shape index (κ3) is 4.91. The number of amides is 1. The van der Waals surface area contributed by atoms with Gasteiger partial charge in [-0.3, -0.25) is 9.79 Å². The number of carbonyl (C=O) groups excluding carboxylic acids is 1. The molecule has 0 atom stereocenters. The molecule has 5 aromatic rings. The van der Waals surface area contributed by atoms with E-state index < -0.39 is 0 Å². The van der Waals surface area contributed by atoms with Gasteiger partial charge >= 0.3 is 0 Å². The second-order valence-electron chi connectivity index (χ2n) is 8.77. The van der Waals surface area contributed by atoms with Crippen molar-refractivity contribution in [3.8, 4) is 22.7 Å². The van der Waals surface area contributed by atoms with Crippen molar-refractivity contribution in [1.29, 1.82) is 0 Å². The summed E-state index contributed by atoms with van der Waals surface area (Å²) in [5, 5.41) is 9.94. The Morgan fingerprint density at radius 2 is 1.95 bits per heavy atom. The Morgan fingerprint density at radius 1 is 1.11 bits per heavy atom. The zero-order valence-electron chi connectivity index (χ0n) is 20.6. The van der Waals surface area contributed by atoms with E-state index in [4.69, 9.17) is 14.8 Å². The van der Waals surface area contributed by atoms with Crippen molar-refractivity contribution in [3.05, 3.63) is 113 Å². The predicted molar refractivity (Wildman–Crippen MR) is 149 cm³/mol. The normalized spacial score (nSPS) is 13.7. The minimum absolute atomic E-state index is 0.0242. The number of rotatable bonds is 6. The van der Waals surface area contributed by atoms with Crippen LogP contribution >= 0.6 is 11.3 Å². The van der Waals surface area contributed by atoms with Crippen molar-refractivity contribution < 1.29 is 9.53 Å². The Labute approximate surface area is 223 Å². The lowest BCUT2D eigenvalue weighted by Crippen LogP contribution is -2.25. The second kappa shape index (κ2) is 10.3. The lowest BCUT2D eigenvalue weighted by atomic mass is 10.1. The van der Waals surface area contributed by atoms with Gasteiger partial charge in [-0.05, 0) is 48.4 Å². The van der Waals surface area contributed by atoms with Gasteiger partial charge in [-0.15, -0.1) is 11.3 Å². The van der Waals surface area contributed by atoms with E-state index in [1.54, 1.807) is 12.5 Å². The average Bonchev–Trinajstić information content (AvgIpc) is 3.63. The van der Waals surface area contributed by atoms with E-state index in [-0.39, 0.29) is 12.5 Å². The molecule has 0 fully saturated rings. The molecule has 1 aliphatic heterocycles. The minimum atomic E-state index is -0.167. The molecule has 1 aliphatic rings. The number of fused-ring (bicyclic) bond motifs is 1. The summed E-state index contributed by atoms with van der Waals surface area (Å²) in [6.07, 6.45) is 5.44. The topological polar surface area (TPSA) is 85.8 Å². The van der Waals surface area contributed by atoms with Crippen molar-refractivity contribution in [2.75, 3.05) is 11.9 Å². The molecule has 8 nitrogen and oxygen atoms in total. The Morgan fingerprint density at radius 3 is 2.74 bits per heavy atom. The van der Waals surface area contributed by atoms with Gasteiger partial charge in [0.2, 0.25) is 4.80 Å². The first kappa shape index (κ1) is 23.6. The van der Waals surface area contributed by atoms with Crippen LogP contribution < -0.4 is 14.9 Å². The fourth-order valence-electron chi connectivity index (χ4n) is 4.18. The van der Waals surface area contributed by atoms with Gasteiger partial charge in [0.05, 0.1) is 30.0 Å². The maximum absolute atomic E-state index is 11.9. The average molecular weight is 521 g/mol. The standard InChI is InChI=1S/C29H24N6O2S/c1-20(22-7-10-24(11-8-22)34-14-13-30-19-34)33-35-26(18-38-29(35)31-16-21-5-3-2-4-6-21)23-9-12-27-25(15-23)32-28(36)17-37-27/h2-15,18-19H,16-17H2,1H3,(H,32,36). The zero-order chi connectivity index (χ0) is 25.9. The SMILES string of the molecule is CC(=Nn1c(-c2ccc3c(c2)NC(=O)CO3)csc1=NCc1ccccc1)c1ccc(-n2ccnc2)cc1. The highest BCUT2D eigenvalue weighted by atomic mass is 32.1. The molecule has 1 amide bonds. The van der Waals surface area contributed by atoms with E-state index in [0.717, 1.165) is 38.6 Å². The molecule has 6 rings (SSSR count). The van der Waals surface area contributed by atoms with E-state index in [2.05, 4.69) is 22.4 Å². The van der Waals surface area contributed by atoms with Gasteiger partial charge in [-0.25, -0.2) is 9.66 Å². The summed E-state index contributed by atoms with van der Waals surface area (Å²) in [6, 6.07) is 24.1. The first-order chi connectivity index (χ1) is 18.6. The summed E-state index contributed by atoms with van der Waals surface area (Å²) in [4.78, 5) is 21.7. The fraction of sp³-hybridized carbons (Fsp3) is 0.103. The molecule has 0 spiro atoms. The molecule has 2 aromatic heterocycles. The number of thiazole rings is 1. The van der Waals surface area contributed by atoms with Crippen LogP contribution in [0.3, 0.4) is 0 Å². The summed E-state index contributed by atoms with van der Waals surface area (Å²) in [7, 11) is 0. The lowest BCUT2D eigenvalue weighted by molar-refractivity contribution is -0.118. The van der Waals surface area contributed by atoms with Gasteiger partial charge in [0.25, 0.3) is 5.91 Å². The number of nitrogens with one attached hydrogen (secondary N) is 1. The maximum atomic E-state index is 11.9. The van der Waals surface area contributed by atoms with E-state index >= 15 is 0 Å². The molecule has 1 N–H and O–H groups in total. The highest BCUT2D eigenvalue weighted by molar-refractivity contribution is 7.07. The molecule has 9 heteroatoms. The van der Waals surface area contributed by atoms with Crippen molar-refractivity contribution >= 4 is 28.6 Å². The van der Waals surface area contributed by atoms with Gasteiger partial charge < -0.3 is 14.6 Å². The first-order valence-corrected chi connectivity index (χ1v) is 13.0. The third-order valence-corrected chi connectivity index (χ3v) is 7.02. The molecule has 0 radical (unpaired) electrons. The van der Waals surface area contributed by atoms with E-state index in [1.807, 2.05) is 88.4 Å². The zero-order valence-corrected chi connectivity index (χ0v) is 21.4. The van der Waals surface area contributed by atoms with Crippen molar-refractivity contribution in [2.45, 2.75) is 13.5 Å². The van der Waals surface area contributed by atoms with E-state index in [9.17, 15) is 4.79 Å². The van der Waals surface area contributed by atoms with Gasteiger partial charge in [-0.1, -0.05) is 42.5 Å². The molecular formula is C29H24N6O2S. The van der Waals surface area contributed by atoms with E-state index in [1.165, 1.54) is 11.3 Å². The van der Waals surface area contributed by atoms with Gasteiger partial charge in [-0.2, -0.15) is 5.10 Å². The molecule has 188 valence electrons. The van der Waals surface area contributed by atoms with Crippen LogP contribution in [0.2, 0.25) is 0 Å². The minimum Gasteiger partial charge on any atom is -0.482 e. The number of ether oxygens (including phenoxy) is 1. The molecule has 38 heavy (non-hydrogen) atoms. The first-order valence-electron chi connectivity index (χ1n) is 12.1. The van der Waals surface area contributed by atoms with Crippen molar-refractivity contribution in [3.63, 3.8) is 0 Å². The molecule has 0 saturated carbocycles. The smallest absolute Gasteiger partial charge is 0.262 e. The Kier molecular flexibility index (Phi) is 6.41. The Bertz CT molecular complexity index is 1680. The van der Waals surface area contributed by atoms with Crippen LogP contribution in [0.15, 0.2) is 107 Å². The van der Waals surface area contributed by atoms with Crippen molar-refractivity contribution in [1.82, 2.24) is 14.2 Å². The van der Waals surface area contributed by atoms with Crippen LogP contribution in [-0.2, 0) is 11.3 Å². The number of hydrogen-bond acceptors (Lipinski definition) is 6. The summed E-state index contributed by atoms with van der Waals surface area (Å²) in [5.74, 6) is 0.487. The number of aromatic nitrogens is 3. The summed E-state index contributed by atoms with van der Waals surface area (Å²) >= 11 is 1.53. The molecule has 3 heterocycles. The van der Waals surface area contributed by atoms with E-state index in [0.29, 0.717) is 18.0 Å². The van der Waals surface area contributed by atoms with Crippen molar-refractivity contribution in [2.24, 2.45) is 10.1 Å². The van der Waals surface area contributed by atoms with Crippen LogP contribution in [0.4, 0.5) is 5.69 Å². The molecular weight excluding hydrogens is 496 g/mol. The van der Waals surface area contributed by atoms with Crippen LogP contribution in [0, 0.1) is 0 Å². The molecule has 0 aliphatic carbocycles. The largest absolute Gasteiger partial charge is 0.482 e. The Balaban J connectivity index is 1.40. The summed E-state index contributed by atoms with van der Waals surface area (Å²) < 4.78 is 9.37. The fourth-order valence-corrected chi connectivity index (χ4v) is 5.01. The molecule has 0 unspecified atom stereocenters. The van der Waals surface area contributed by atoms with Crippen LogP contribution in [0.25, 0.3) is 16.9 Å². The highest BCUT2D eigenvalue weighted by Crippen LogP contribution is 2.33. The van der Waals surface area contributed by atoms with Gasteiger partial charge in [0, 0.05) is 29.0 Å². The van der Waals surface area contributed by atoms with Crippen LogP contribution in [-0.4, -0.2) is 32.5 Å². The second-order valence-corrected chi connectivity index (χ2v) is 9.60. The number of anilines is 1. The number of hydrogen-bond donors (Lipinski definition) is 1. The van der Waals surface area contributed by atoms with Gasteiger partial charge in [0.15, 0.2) is 6.61 Å². The van der Waals surface area contributed by atoms with Crippen LogP contribution in [0.1, 0.15) is 18.1 Å². The lowest BCUT2D eigenvalue weighted by Gasteiger charge is -2.18. The van der Waals surface area contributed by atoms with Crippen LogP contribution in [0.5, 0.6) is 5.75 Å². The Hall–Kier alpha value is -4.76. The number of nitrogens with zero attached hydrogens (tertiary/aromatic N) is 5. The number of benzene rings is 3. The maximum Gasteiger partial charge on any atom is 0.262 e. The number of carbonyl (C=O) groups is 1. The highest BCUT2D eigenvalue weighted by Gasteiger charge is 2.18. The summed E-state index contributed by atoms with van der Waals surface area (Å²) in [6.45, 7) is 2.56. The van der Waals surface area contributed by atoms with Gasteiger partial charge in [0.1, 0.15) is 5.75 Å². The predicted octanol–water partition coefficient (Wildman–Crippen LogP) is 5.11. The number of imidazole rings is 1.